The van der Waals surface area contributed by atoms with Crippen molar-refractivity contribution < 1.29 is 19.1 Å². The van der Waals surface area contributed by atoms with Gasteiger partial charge in [0.2, 0.25) is 0 Å². The molecule has 142 valence electrons. The molecule has 2 heterocycles. The van der Waals surface area contributed by atoms with E-state index < -0.39 is 5.97 Å². The first-order valence-corrected chi connectivity index (χ1v) is 8.91. The van der Waals surface area contributed by atoms with Crippen LogP contribution in [-0.4, -0.2) is 47.7 Å². The van der Waals surface area contributed by atoms with Gasteiger partial charge in [-0.2, -0.15) is 0 Å². The van der Waals surface area contributed by atoms with Crippen LogP contribution in [0.15, 0.2) is 36.7 Å². The fraction of sp³-hybridized carbons (Fsp3) is 0.368. The number of amides is 1. The summed E-state index contributed by atoms with van der Waals surface area (Å²) in [6, 6.07) is 8.07. The molecule has 0 saturated carbocycles. The first-order chi connectivity index (χ1) is 13.2. The average molecular weight is 370 g/mol. The van der Waals surface area contributed by atoms with Gasteiger partial charge in [0.15, 0.2) is 0 Å². The van der Waals surface area contributed by atoms with E-state index in [1.807, 2.05) is 0 Å². The molecule has 0 spiro atoms. The summed E-state index contributed by atoms with van der Waals surface area (Å²) in [4.78, 5) is 32.2. The number of esters is 1. The Balaban J connectivity index is 1.58. The maximum Gasteiger partial charge on any atom is 0.338 e. The molecule has 8 nitrogen and oxygen atoms in total. The van der Waals surface area contributed by atoms with E-state index in [9.17, 15) is 9.59 Å². The lowest BCUT2D eigenvalue weighted by Gasteiger charge is -2.11. The maximum atomic E-state index is 12.4. The van der Waals surface area contributed by atoms with Crippen molar-refractivity contribution in [2.24, 2.45) is 0 Å². The molecular weight excluding hydrogens is 348 g/mol. The van der Waals surface area contributed by atoms with E-state index in [4.69, 9.17) is 9.47 Å². The van der Waals surface area contributed by atoms with Crippen molar-refractivity contribution in [2.75, 3.05) is 30.4 Å². The molecule has 0 radical (unpaired) electrons. The molecule has 1 aromatic heterocycles. The third-order valence-electron chi connectivity index (χ3n) is 4.09. The van der Waals surface area contributed by atoms with Gasteiger partial charge in [-0.15, -0.1) is 0 Å². The molecule has 1 aliphatic heterocycles. The van der Waals surface area contributed by atoms with Crippen LogP contribution in [0.3, 0.4) is 0 Å². The number of benzene rings is 1. The molecule has 0 aliphatic carbocycles. The van der Waals surface area contributed by atoms with E-state index in [2.05, 4.69) is 20.6 Å². The summed E-state index contributed by atoms with van der Waals surface area (Å²) in [5.74, 6) is -0.183. The molecule has 1 fully saturated rings. The molecule has 2 N–H and O–H groups in total. The molecule has 1 unspecified atom stereocenters. The Labute approximate surface area is 157 Å². The van der Waals surface area contributed by atoms with Crippen LogP contribution in [0, 0.1) is 0 Å². The molecule has 8 heteroatoms. The highest BCUT2D eigenvalue weighted by Gasteiger charge is 2.16. The summed E-state index contributed by atoms with van der Waals surface area (Å²) in [6.07, 6.45) is 3.61. The third kappa shape index (κ3) is 5.24. The standard InChI is InChI=1S/C19H22N4O4/c1-2-26-19(25)13-5-7-14(8-6-13)23-18(24)16-10-17(22-12-21-16)20-11-15-4-3-9-27-15/h5-8,10,12,15H,2-4,9,11H2,1H3,(H,23,24)(H,20,21,22). The Hall–Kier alpha value is -3.00. The fourth-order valence-electron chi connectivity index (χ4n) is 2.70. The highest BCUT2D eigenvalue weighted by atomic mass is 16.5. The van der Waals surface area contributed by atoms with Crippen LogP contribution in [0.5, 0.6) is 0 Å². The molecule has 0 bridgehead atoms. The number of carbonyl (C=O) groups is 2. The van der Waals surface area contributed by atoms with Gasteiger partial charge in [-0.1, -0.05) is 0 Å². The van der Waals surface area contributed by atoms with E-state index in [1.165, 1.54) is 6.33 Å². The summed E-state index contributed by atoms with van der Waals surface area (Å²) in [6.45, 7) is 3.50. The van der Waals surface area contributed by atoms with Crippen LogP contribution in [0.25, 0.3) is 0 Å². The molecule has 1 atom stereocenters. The second-order valence-electron chi connectivity index (χ2n) is 6.06. The number of anilines is 2. The smallest absolute Gasteiger partial charge is 0.338 e. The summed E-state index contributed by atoms with van der Waals surface area (Å²) >= 11 is 0. The van der Waals surface area contributed by atoms with Crippen LogP contribution in [-0.2, 0) is 9.47 Å². The number of rotatable bonds is 7. The molecule has 1 amide bonds. The first-order valence-electron chi connectivity index (χ1n) is 8.91. The van der Waals surface area contributed by atoms with Crippen LogP contribution in [0.2, 0.25) is 0 Å². The zero-order valence-corrected chi connectivity index (χ0v) is 15.1. The number of ether oxygens (including phenoxy) is 2. The van der Waals surface area contributed by atoms with Crippen LogP contribution >= 0.6 is 0 Å². The van der Waals surface area contributed by atoms with E-state index in [-0.39, 0.29) is 17.7 Å². The summed E-state index contributed by atoms with van der Waals surface area (Å²) in [5.41, 5.74) is 1.23. The number of carbonyl (C=O) groups excluding carboxylic acids is 2. The minimum absolute atomic E-state index is 0.176. The van der Waals surface area contributed by atoms with Gasteiger partial charge in [-0.25, -0.2) is 14.8 Å². The van der Waals surface area contributed by atoms with Crippen molar-refractivity contribution in [3.8, 4) is 0 Å². The van der Waals surface area contributed by atoms with Crippen LogP contribution < -0.4 is 10.6 Å². The molecule has 1 aromatic carbocycles. The number of nitrogens with zero attached hydrogens (tertiary/aromatic N) is 2. The highest BCUT2D eigenvalue weighted by Crippen LogP contribution is 2.15. The third-order valence-corrected chi connectivity index (χ3v) is 4.09. The fourth-order valence-corrected chi connectivity index (χ4v) is 2.70. The second-order valence-corrected chi connectivity index (χ2v) is 6.06. The van der Waals surface area contributed by atoms with Crippen LogP contribution in [0.1, 0.15) is 40.6 Å². The Morgan fingerprint density at radius 2 is 2.07 bits per heavy atom. The second kappa shape index (κ2) is 9.09. The predicted octanol–water partition coefficient (Wildman–Crippen LogP) is 2.50. The van der Waals surface area contributed by atoms with E-state index in [1.54, 1.807) is 37.3 Å². The van der Waals surface area contributed by atoms with Crippen molar-refractivity contribution in [1.82, 2.24) is 9.97 Å². The number of hydrogen-bond donors (Lipinski definition) is 2. The first kappa shape index (κ1) is 18.8. The molecule has 27 heavy (non-hydrogen) atoms. The van der Waals surface area contributed by atoms with Gasteiger partial charge in [0, 0.05) is 24.9 Å². The normalized spacial score (nSPS) is 16.0. The zero-order chi connectivity index (χ0) is 19.1. The quantitative estimate of drug-likeness (QED) is 0.722. The van der Waals surface area contributed by atoms with Gasteiger partial charge in [0.25, 0.3) is 5.91 Å². The van der Waals surface area contributed by atoms with Crippen LogP contribution in [0.4, 0.5) is 11.5 Å². The van der Waals surface area contributed by atoms with Gasteiger partial charge >= 0.3 is 5.97 Å². The lowest BCUT2D eigenvalue weighted by molar-refractivity contribution is 0.0526. The summed E-state index contributed by atoms with van der Waals surface area (Å²) < 4.78 is 10.5. The van der Waals surface area contributed by atoms with Gasteiger partial charge in [0.1, 0.15) is 17.8 Å². The Kier molecular flexibility index (Phi) is 6.32. The topological polar surface area (TPSA) is 102 Å². The lowest BCUT2D eigenvalue weighted by atomic mass is 10.2. The van der Waals surface area contributed by atoms with E-state index in [0.29, 0.717) is 30.2 Å². The van der Waals surface area contributed by atoms with Crippen molar-refractivity contribution in [2.45, 2.75) is 25.9 Å². The van der Waals surface area contributed by atoms with Crippen molar-refractivity contribution in [3.05, 3.63) is 47.9 Å². The Morgan fingerprint density at radius 3 is 2.78 bits per heavy atom. The van der Waals surface area contributed by atoms with Gasteiger partial charge < -0.3 is 20.1 Å². The maximum absolute atomic E-state index is 12.4. The van der Waals surface area contributed by atoms with Gasteiger partial charge in [-0.3, -0.25) is 4.79 Å². The van der Waals surface area contributed by atoms with Crippen molar-refractivity contribution in [1.29, 1.82) is 0 Å². The van der Waals surface area contributed by atoms with Crippen molar-refractivity contribution in [3.63, 3.8) is 0 Å². The monoisotopic (exact) mass is 370 g/mol. The number of aromatic nitrogens is 2. The van der Waals surface area contributed by atoms with E-state index in [0.717, 1.165) is 19.4 Å². The summed E-state index contributed by atoms with van der Waals surface area (Å²) in [7, 11) is 0. The minimum atomic E-state index is -0.395. The lowest BCUT2D eigenvalue weighted by Crippen LogP contribution is -2.20. The van der Waals surface area contributed by atoms with Crippen molar-refractivity contribution >= 4 is 23.4 Å². The Morgan fingerprint density at radius 1 is 1.26 bits per heavy atom. The molecular formula is C19H22N4O4. The summed E-state index contributed by atoms with van der Waals surface area (Å²) in [5, 5.41) is 5.92. The van der Waals surface area contributed by atoms with E-state index >= 15 is 0 Å². The molecule has 2 aromatic rings. The zero-order valence-electron chi connectivity index (χ0n) is 15.1. The average Bonchev–Trinajstić information content (AvgIpc) is 3.21. The Bertz CT molecular complexity index is 789. The molecule has 3 rings (SSSR count). The molecule has 1 aliphatic rings. The SMILES string of the molecule is CCOC(=O)c1ccc(NC(=O)c2cc(NCC3CCCO3)ncn2)cc1. The van der Waals surface area contributed by atoms with Gasteiger partial charge in [-0.05, 0) is 44.0 Å². The largest absolute Gasteiger partial charge is 0.462 e. The van der Waals surface area contributed by atoms with Gasteiger partial charge in [0.05, 0.1) is 18.3 Å². The highest BCUT2D eigenvalue weighted by molar-refractivity contribution is 6.03. The molecule has 1 saturated heterocycles. The number of nitrogens with one attached hydrogen (secondary N) is 2. The predicted molar refractivity (Wildman–Crippen MR) is 99.8 cm³/mol. The number of hydrogen-bond acceptors (Lipinski definition) is 7. The minimum Gasteiger partial charge on any atom is -0.462 e.